The van der Waals surface area contributed by atoms with Crippen molar-refractivity contribution in [1.82, 2.24) is 9.88 Å². The van der Waals surface area contributed by atoms with Crippen LogP contribution in [0.1, 0.15) is 23.2 Å². The zero-order valence-corrected chi connectivity index (χ0v) is 12.9. The summed E-state index contributed by atoms with van der Waals surface area (Å²) in [4.78, 5) is 20.3. The first kappa shape index (κ1) is 15.2. The first-order valence-electron chi connectivity index (χ1n) is 8.03. The molecule has 2 fully saturated rings. The Labute approximate surface area is 131 Å². The van der Waals surface area contributed by atoms with Gasteiger partial charge in [-0.3, -0.25) is 14.7 Å². The van der Waals surface area contributed by atoms with Gasteiger partial charge in [-0.05, 0) is 24.8 Å². The first-order valence-corrected chi connectivity index (χ1v) is 8.03. The van der Waals surface area contributed by atoms with Crippen LogP contribution in [0.25, 0.3) is 0 Å². The fourth-order valence-corrected chi connectivity index (χ4v) is 3.36. The van der Waals surface area contributed by atoms with Crippen molar-refractivity contribution in [3.8, 4) is 0 Å². The molecule has 6 nitrogen and oxygen atoms in total. The highest BCUT2D eigenvalue weighted by Crippen LogP contribution is 2.26. The van der Waals surface area contributed by atoms with Gasteiger partial charge in [-0.25, -0.2) is 0 Å². The Balaban J connectivity index is 1.56. The van der Waals surface area contributed by atoms with Gasteiger partial charge in [-0.1, -0.05) is 0 Å². The molecule has 0 spiro atoms. The minimum absolute atomic E-state index is 0.404. The number of hydrogen-bond acceptors (Lipinski definition) is 5. The third-order valence-corrected chi connectivity index (χ3v) is 4.64. The summed E-state index contributed by atoms with van der Waals surface area (Å²) in [5.74, 6) is 0.326. The molecule has 2 aliphatic heterocycles. The number of primary amides is 1. The second-order valence-corrected chi connectivity index (χ2v) is 6.10. The zero-order chi connectivity index (χ0) is 15.4. The van der Waals surface area contributed by atoms with Gasteiger partial charge in [-0.2, -0.15) is 0 Å². The lowest BCUT2D eigenvalue weighted by atomic mass is 9.95. The maximum Gasteiger partial charge on any atom is 0.252 e. The molecule has 1 aromatic heterocycles. The molecule has 120 valence electrons. The number of nitrogens with two attached hydrogens (primary N) is 1. The number of carbonyl (C=O) groups excluding carboxylic acids is 1. The van der Waals surface area contributed by atoms with E-state index in [-0.39, 0.29) is 0 Å². The molecule has 22 heavy (non-hydrogen) atoms. The fourth-order valence-electron chi connectivity index (χ4n) is 3.36. The molecule has 1 aromatic rings. The van der Waals surface area contributed by atoms with Crippen molar-refractivity contribution < 1.29 is 9.53 Å². The van der Waals surface area contributed by atoms with Crippen LogP contribution in [0.15, 0.2) is 18.5 Å². The molecule has 6 heteroatoms. The smallest absolute Gasteiger partial charge is 0.252 e. The van der Waals surface area contributed by atoms with E-state index in [4.69, 9.17) is 10.5 Å². The number of rotatable bonds is 4. The largest absolute Gasteiger partial charge is 0.379 e. The van der Waals surface area contributed by atoms with Crippen molar-refractivity contribution >= 4 is 11.6 Å². The van der Waals surface area contributed by atoms with Crippen LogP contribution in [-0.2, 0) is 4.74 Å². The highest BCUT2D eigenvalue weighted by atomic mass is 16.5. The lowest BCUT2D eigenvalue weighted by Crippen LogP contribution is -2.43. The summed E-state index contributed by atoms with van der Waals surface area (Å²) < 4.78 is 5.40. The van der Waals surface area contributed by atoms with E-state index in [0.717, 1.165) is 70.4 Å². The molecule has 3 heterocycles. The monoisotopic (exact) mass is 304 g/mol. The third kappa shape index (κ3) is 3.56. The van der Waals surface area contributed by atoms with Crippen LogP contribution in [0.4, 0.5) is 5.69 Å². The number of piperidine rings is 1. The lowest BCUT2D eigenvalue weighted by molar-refractivity contribution is 0.0289. The second-order valence-electron chi connectivity index (χ2n) is 6.10. The number of anilines is 1. The standard InChI is InChI=1S/C16H24N4O2/c17-16(21)14-11-18-4-1-15(14)20-5-2-13(3-6-20)12-19-7-9-22-10-8-19/h1,4,11,13H,2-3,5-10,12H2,(H2,17,21). The SMILES string of the molecule is NC(=O)c1cnccc1N1CCC(CN2CCOCC2)CC1. The molecule has 0 aliphatic carbocycles. The van der Waals surface area contributed by atoms with Crippen molar-refractivity contribution in [2.45, 2.75) is 12.8 Å². The van der Waals surface area contributed by atoms with E-state index in [0.29, 0.717) is 5.56 Å². The number of carbonyl (C=O) groups is 1. The molecule has 2 saturated heterocycles. The minimum Gasteiger partial charge on any atom is -0.379 e. The van der Waals surface area contributed by atoms with Gasteiger partial charge in [0, 0.05) is 45.1 Å². The van der Waals surface area contributed by atoms with Gasteiger partial charge in [0.1, 0.15) is 0 Å². The van der Waals surface area contributed by atoms with Crippen molar-refractivity contribution in [1.29, 1.82) is 0 Å². The van der Waals surface area contributed by atoms with Gasteiger partial charge in [0.25, 0.3) is 5.91 Å². The third-order valence-electron chi connectivity index (χ3n) is 4.64. The van der Waals surface area contributed by atoms with Crippen LogP contribution in [0.5, 0.6) is 0 Å². The number of pyridine rings is 1. The maximum absolute atomic E-state index is 11.5. The molecule has 0 unspecified atom stereocenters. The Morgan fingerprint density at radius 3 is 2.68 bits per heavy atom. The normalized spacial score (nSPS) is 21.0. The highest BCUT2D eigenvalue weighted by Gasteiger charge is 2.24. The van der Waals surface area contributed by atoms with Crippen molar-refractivity contribution in [2.24, 2.45) is 11.7 Å². The van der Waals surface area contributed by atoms with Crippen molar-refractivity contribution in [3.63, 3.8) is 0 Å². The topological polar surface area (TPSA) is 71.7 Å². The van der Waals surface area contributed by atoms with Gasteiger partial charge in [0.2, 0.25) is 0 Å². The van der Waals surface area contributed by atoms with Gasteiger partial charge in [0.15, 0.2) is 0 Å². The van der Waals surface area contributed by atoms with Crippen molar-refractivity contribution in [2.75, 3.05) is 50.8 Å². The van der Waals surface area contributed by atoms with E-state index in [1.807, 2.05) is 6.07 Å². The number of amides is 1. The van der Waals surface area contributed by atoms with E-state index in [1.165, 1.54) is 0 Å². The van der Waals surface area contributed by atoms with Crippen LogP contribution >= 0.6 is 0 Å². The van der Waals surface area contributed by atoms with Crippen LogP contribution in [-0.4, -0.2) is 61.7 Å². The van der Waals surface area contributed by atoms with Gasteiger partial charge in [-0.15, -0.1) is 0 Å². The zero-order valence-electron chi connectivity index (χ0n) is 12.9. The summed E-state index contributed by atoms with van der Waals surface area (Å²) in [5, 5.41) is 0. The molecule has 2 N–H and O–H groups in total. The molecular weight excluding hydrogens is 280 g/mol. The maximum atomic E-state index is 11.5. The molecule has 3 rings (SSSR count). The lowest BCUT2D eigenvalue weighted by Gasteiger charge is -2.37. The average Bonchev–Trinajstić information content (AvgIpc) is 2.56. The number of aromatic nitrogens is 1. The van der Waals surface area contributed by atoms with Gasteiger partial charge < -0.3 is 15.4 Å². The minimum atomic E-state index is -0.404. The Kier molecular flexibility index (Phi) is 4.90. The molecule has 0 aromatic carbocycles. The number of hydrogen-bond donors (Lipinski definition) is 1. The van der Waals surface area contributed by atoms with E-state index in [1.54, 1.807) is 12.4 Å². The molecule has 0 radical (unpaired) electrons. The molecule has 2 aliphatic rings. The first-order chi connectivity index (χ1) is 10.7. The number of nitrogens with zero attached hydrogens (tertiary/aromatic N) is 3. The Bertz CT molecular complexity index is 509. The van der Waals surface area contributed by atoms with Gasteiger partial charge >= 0.3 is 0 Å². The fraction of sp³-hybridized carbons (Fsp3) is 0.625. The van der Waals surface area contributed by atoms with E-state index < -0.39 is 5.91 Å². The Hall–Kier alpha value is -1.66. The summed E-state index contributed by atoms with van der Waals surface area (Å²) >= 11 is 0. The Morgan fingerprint density at radius 2 is 2.00 bits per heavy atom. The van der Waals surface area contributed by atoms with E-state index in [2.05, 4.69) is 14.8 Å². The van der Waals surface area contributed by atoms with E-state index in [9.17, 15) is 4.79 Å². The van der Waals surface area contributed by atoms with Crippen LogP contribution in [0, 0.1) is 5.92 Å². The van der Waals surface area contributed by atoms with Crippen LogP contribution in [0.3, 0.4) is 0 Å². The summed E-state index contributed by atoms with van der Waals surface area (Å²) in [6, 6.07) is 1.89. The molecule has 0 saturated carbocycles. The van der Waals surface area contributed by atoms with E-state index >= 15 is 0 Å². The molecule has 0 bridgehead atoms. The number of morpholine rings is 1. The van der Waals surface area contributed by atoms with Gasteiger partial charge in [0.05, 0.1) is 24.5 Å². The highest BCUT2D eigenvalue weighted by molar-refractivity contribution is 5.98. The molecular formula is C16H24N4O2. The molecule has 0 atom stereocenters. The quantitative estimate of drug-likeness (QED) is 0.888. The average molecular weight is 304 g/mol. The Morgan fingerprint density at radius 1 is 1.27 bits per heavy atom. The predicted octanol–water partition coefficient (Wildman–Crippen LogP) is 0.729. The van der Waals surface area contributed by atoms with Crippen LogP contribution < -0.4 is 10.6 Å². The second kappa shape index (κ2) is 7.07. The number of ether oxygens (including phenoxy) is 1. The van der Waals surface area contributed by atoms with Crippen molar-refractivity contribution in [3.05, 3.63) is 24.0 Å². The summed E-state index contributed by atoms with van der Waals surface area (Å²) in [6.45, 7) is 6.93. The van der Waals surface area contributed by atoms with Crippen LogP contribution in [0.2, 0.25) is 0 Å². The summed E-state index contributed by atoms with van der Waals surface area (Å²) in [7, 11) is 0. The summed E-state index contributed by atoms with van der Waals surface area (Å²) in [6.07, 6.45) is 5.59. The summed E-state index contributed by atoms with van der Waals surface area (Å²) in [5.41, 5.74) is 6.89. The molecule has 1 amide bonds. The predicted molar refractivity (Wildman–Crippen MR) is 85.0 cm³/mol.